The number of hydrogen-bond donors (Lipinski definition) is 1. The van der Waals surface area contributed by atoms with Crippen LogP contribution in [0.4, 0.5) is 0 Å². The summed E-state index contributed by atoms with van der Waals surface area (Å²) in [5.74, 6) is -1.13. The van der Waals surface area contributed by atoms with E-state index in [2.05, 4.69) is 4.98 Å². The number of carbonyl (C=O) groups is 2. The van der Waals surface area contributed by atoms with E-state index in [1.807, 2.05) is 31.2 Å². The lowest BCUT2D eigenvalue weighted by molar-refractivity contribution is 0.0689. The number of carboxylic acids is 1. The maximum atomic E-state index is 12.7. The van der Waals surface area contributed by atoms with Crippen molar-refractivity contribution in [2.75, 3.05) is 7.05 Å². The van der Waals surface area contributed by atoms with Gasteiger partial charge >= 0.3 is 5.97 Å². The van der Waals surface area contributed by atoms with Gasteiger partial charge in [-0.3, -0.25) is 4.79 Å². The number of nitrogens with zero attached hydrogens (tertiary/aromatic N) is 2. The van der Waals surface area contributed by atoms with E-state index < -0.39 is 5.97 Å². The first-order valence-corrected chi connectivity index (χ1v) is 8.72. The lowest BCUT2D eigenvalue weighted by Gasteiger charge is -2.22. The molecule has 1 amide bonds. The van der Waals surface area contributed by atoms with Gasteiger partial charge in [-0.05, 0) is 19.1 Å². The SMILES string of the molecule is CCc1oc(C(=O)N(C)C(C)c2nc3ccccc3s2)cc1C(=O)O. The normalized spacial score (nSPS) is 12.3. The van der Waals surface area contributed by atoms with Crippen molar-refractivity contribution < 1.29 is 19.1 Å². The van der Waals surface area contributed by atoms with Crippen LogP contribution in [0.5, 0.6) is 0 Å². The molecule has 0 saturated carbocycles. The number of hydrogen-bond acceptors (Lipinski definition) is 5. The molecule has 1 N–H and O–H groups in total. The Kier molecular flexibility index (Phi) is 4.59. The zero-order valence-corrected chi connectivity index (χ0v) is 15.0. The highest BCUT2D eigenvalue weighted by molar-refractivity contribution is 7.18. The molecule has 2 heterocycles. The average Bonchev–Trinajstić information content (AvgIpc) is 3.23. The maximum absolute atomic E-state index is 12.7. The molecule has 0 bridgehead atoms. The third kappa shape index (κ3) is 3.15. The Bertz CT molecular complexity index is 911. The zero-order valence-electron chi connectivity index (χ0n) is 14.1. The van der Waals surface area contributed by atoms with Crippen LogP contribution in [0, 0.1) is 0 Å². The second-order valence-electron chi connectivity index (χ2n) is 5.72. The molecular formula is C18H18N2O4S. The fourth-order valence-corrected chi connectivity index (χ4v) is 3.62. The largest absolute Gasteiger partial charge is 0.478 e. The van der Waals surface area contributed by atoms with Gasteiger partial charge in [0.25, 0.3) is 5.91 Å². The first kappa shape index (κ1) is 17.2. The number of aryl methyl sites for hydroxylation is 1. The van der Waals surface area contributed by atoms with E-state index in [0.717, 1.165) is 15.2 Å². The number of carboxylic acid groups (broad SMARTS) is 1. The number of fused-ring (bicyclic) bond motifs is 1. The number of amides is 1. The smallest absolute Gasteiger partial charge is 0.339 e. The van der Waals surface area contributed by atoms with E-state index in [4.69, 9.17) is 4.42 Å². The summed E-state index contributed by atoms with van der Waals surface area (Å²) in [5, 5.41) is 10.0. The molecule has 7 heteroatoms. The molecule has 6 nitrogen and oxygen atoms in total. The van der Waals surface area contributed by atoms with Crippen LogP contribution in [0.15, 0.2) is 34.7 Å². The van der Waals surface area contributed by atoms with E-state index in [9.17, 15) is 14.7 Å². The second kappa shape index (κ2) is 6.68. The van der Waals surface area contributed by atoms with Crippen molar-refractivity contribution in [1.82, 2.24) is 9.88 Å². The molecule has 25 heavy (non-hydrogen) atoms. The molecule has 1 aromatic carbocycles. The van der Waals surface area contributed by atoms with E-state index in [0.29, 0.717) is 12.2 Å². The van der Waals surface area contributed by atoms with E-state index in [1.54, 1.807) is 14.0 Å². The van der Waals surface area contributed by atoms with Gasteiger partial charge in [-0.15, -0.1) is 11.3 Å². The molecule has 0 fully saturated rings. The summed E-state index contributed by atoms with van der Waals surface area (Å²) in [7, 11) is 1.66. The Labute approximate surface area is 148 Å². The molecule has 3 rings (SSSR count). The fourth-order valence-electron chi connectivity index (χ4n) is 2.56. The average molecular weight is 358 g/mol. The quantitative estimate of drug-likeness (QED) is 0.746. The molecule has 0 radical (unpaired) electrons. The van der Waals surface area contributed by atoms with Gasteiger partial charge in [0.2, 0.25) is 0 Å². The van der Waals surface area contributed by atoms with Gasteiger partial charge in [-0.1, -0.05) is 19.1 Å². The molecule has 0 aliphatic heterocycles. The lowest BCUT2D eigenvalue weighted by Crippen LogP contribution is -2.29. The van der Waals surface area contributed by atoms with Gasteiger partial charge in [0, 0.05) is 19.5 Å². The van der Waals surface area contributed by atoms with Crippen molar-refractivity contribution in [3.05, 3.63) is 52.4 Å². The highest BCUT2D eigenvalue weighted by Gasteiger charge is 2.26. The summed E-state index contributed by atoms with van der Waals surface area (Å²) in [6, 6.07) is 8.84. The van der Waals surface area contributed by atoms with Crippen LogP contribution >= 0.6 is 11.3 Å². The highest BCUT2D eigenvalue weighted by Crippen LogP contribution is 2.30. The molecule has 0 saturated heterocycles. The van der Waals surface area contributed by atoms with Crippen LogP contribution in [0.25, 0.3) is 10.2 Å². The predicted octanol–water partition coefficient (Wildman–Crippen LogP) is 3.98. The number of furan rings is 1. The van der Waals surface area contributed by atoms with Gasteiger partial charge in [0.05, 0.1) is 16.3 Å². The van der Waals surface area contributed by atoms with Crippen LogP contribution in [0.3, 0.4) is 0 Å². The number of aromatic carboxylic acids is 1. The molecule has 0 spiro atoms. The molecule has 3 aromatic rings. The van der Waals surface area contributed by atoms with Gasteiger partial charge in [-0.25, -0.2) is 9.78 Å². The van der Waals surface area contributed by atoms with Gasteiger partial charge < -0.3 is 14.4 Å². The monoisotopic (exact) mass is 358 g/mol. The number of rotatable bonds is 5. The number of benzene rings is 1. The third-order valence-corrected chi connectivity index (χ3v) is 5.35. The summed E-state index contributed by atoms with van der Waals surface area (Å²) in [6.45, 7) is 3.67. The topological polar surface area (TPSA) is 83.6 Å². The molecule has 2 aromatic heterocycles. The summed E-state index contributed by atoms with van der Waals surface area (Å²) >= 11 is 1.53. The fraction of sp³-hybridized carbons (Fsp3) is 0.278. The van der Waals surface area contributed by atoms with E-state index in [1.165, 1.54) is 22.3 Å². The Morgan fingerprint density at radius 1 is 1.36 bits per heavy atom. The molecule has 1 unspecified atom stereocenters. The van der Waals surface area contributed by atoms with Crippen molar-refractivity contribution in [3.63, 3.8) is 0 Å². The summed E-state index contributed by atoms with van der Waals surface area (Å²) in [5.41, 5.74) is 0.932. The van der Waals surface area contributed by atoms with Crippen molar-refractivity contribution >= 4 is 33.4 Å². The third-order valence-electron chi connectivity index (χ3n) is 4.14. The predicted molar refractivity (Wildman–Crippen MR) is 95.2 cm³/mol. The van der Waals surface area contributed by atoms with Crippen LogP contribution in [0.2, 0.25) is 0 Å². The minimum atomic E-state index is -1.10. The van der Waals surface area contributed by atoms with E-state index in [-0.39, 0.29) is 23.3 Å². The summed E-state index contributed by atoms with van der Waals surface area (Å²) in [6.07, 6.45) is 0.409. The van der Waals surface area contributed by atoms with Crippen LogP contribution in [-0.4, -0.2) is 33.9 Å². The lowest BCUT2D eigenvalue weighted by atomic mass is 10.2. The summed E-state index contributed by atoms with van der Waals surface area (Å²) in [4.78, 5) is 30.0. The van der Waals surface area contributed by atoms with Crippen LogP contribution in [0.1, 0.15) is 51.6 Å². The first-order valence-electron chi connectivity index (χ1n) is 7.91. The minimum absolute atomic E-state index is 0.0321. The number of para-hydroxylation sites is 1. The highest BCUT2D eigenvalue weighted by atomic mass is 32.1. The number of carbonyl (C=O) groups excluding carboxylic acids is 1. The molecule has 0 aliphatic rings. The second-order valence-corrected chi connectivity index (χ2v) is 6.78. The Morgan fingerprint density at radius 2 is 2.08 bits per heavy atom. The summed E-state index contributed by atoms with van der Waals surface area (Å²) < 4.78 is 6.52. The van der Waals surface area contributed by atoms with Crippen molar-refractivity contribution in [2.24, 2.45) is 0 Å². The molecule has 0 aliphatic carbocycles. The van der Waals surface area contributed by atoms with Gasteiger partial charge in [0.1, 0.15) is 16.3 Å². The molecule has 130 valence electrons. The zero-order chi connectivity index (χ0) is 18.1. The van der Waals surface area contributed by atoms with Gasteiger partial charge in [0.15, 0.2) is 5.76 Å². The van der Waals surface area contributed by atoms with Crippen LogP contribution in [-0.2, 0) is 6.42 Å². The van der Waals surface area contributed by atoms with Crippen molar-refractivity contribution in [1.29, 1.82) is 0 Å². The maximum Gasteiger partial charge on any atom is 0.339 e. The van der Waals surface area contributed by atoms with E-state index >= 15 is 0 Å². The molecule has 1 atom stereocenters. The van der Waals surface area contributed by atoms with Gasteiger partial charge in [-0.2, -0.15) is 0 Å². The molecular weight excluding hydrogens is 340 g/mol. The Morgan fingerprint density at radius 3 is 2.68 bits per heavy atom. The van der Waals surface area contributed by atoms with Crippen LogP contribution < -0.4 is 0 Å². The number of aromatic nitrogens is 1. The first-order chi connectivity index (χ1) is 11.9. The van der Waals surface area contributed by atoms with Crippen molar-refractivity contribution in [3.8, 4) is 0 Å². The number of thiazole rings is 1. The Balaban J connectivity index is 1.87. The van der Waals surface area contributed by atoms with Crippen molar-refractivity contribution in [2.45, 2.75) is 26.3 Å². The minimum Gasteiger partial charge on any atom is -0.478 e. The standard InChI is InChI=1S/C18H18N2O4S/c1-4-13-11(18(22)23)9-14(24-13)17(21)20(3)10(2)16-19-12-7-5-6-8-15(12)25-16/h5-10H,4H2,1-3H3,(H,22,23). The Hall–Kier alpha value is -2.67.